The summed E-state index contributed by atoms with van der Waals surface area (Å²) in [5.74, 6) is 1.36. The Kier molecular flexibility index (Phi) is 9.66. The Hall–Kier alpha value is -0.820. The highest BCUT2D eigenvalue weighted by atomic mass is 127. The molecule has 1 aromatic carbocycles. The van der Waals surface area contributed by atoms with Crippen LogP contribution in [0.15, 0.2) is 29.3 Å². The Balaban J connectivity index is 0.00000288. The van der Waals surface area contributed by atoms with Crippen molar-refractivity contribution < 1.29 is 0 Å². The summed E-state index contributed by atoms with van der Waals surface area (Å²) in [6, 6.07) is 9.56. The first-order chi connectivity index (χ1) is 11.1. The molecule has 4 nitrogen and oxygen atoms in total. The van der Waals surface area contributed by atoms with E-state index in [-0.39, 0.29) is 24.0 Å². The Labute approximate surface area is 164 Å². The van der Waals surface area contributed by atoms with Crippen LogP contribution in [0.4, 0.5) is 0 Å². The van der Waals surface area contributed by atoms with Gasteiger partial charge < -0.3 is 10.6 Å². The van der Waals surface area contributed by atoms with Gasteiger partial charge in [-0.1, -0.05) is 43.7 Å². The van der Waals surface area contributed by atoms with E-state index in [1.807, 2.05) is 7.05 Å². The van der Waals surface area contributed by atoms with E-state index in [4.69, 9.17) is 0 Å². The second-order valence-corrected chi connectivity index (χ2v) is 6.55. The average molecular weight is 444 g/mol. The molecular formula is C19H33IN4. The lowest BCUT2D eigenvalue weighted by Gasteiger charge is -2.21. The minimum atomic E-state index is 0. The SMILES string of the molecule is CCN(CCNC(=NC)NCC(C)c1cccc(C)c1)C1CC1.I. The third kappa shape index (κ3) is 6.97. The number of hydrogen-bond donors (Lipinski definition) is 2. The third-order valence-electron chi connectivity index (χ3n) is 4.57. The predicted octanol–water partition coefficient (Wildman–Crippen LogP) is 3.37. The quantitative estimate of drug-likeness (QED) is 0.367. The van der Waals surface area contributed by atoms with Gasteiger partial charge in [0.2, 0.25) is 0 Å². The molecule has 2 N–H and O–H groups in total. The lowest BCUT2D eigenvalue weighted by Crippen LogP contribution is -2.43. The summed E-state index contributed by atoms with van der Waals surface area (Å²) in [5.41, 5.74) is 2.69. The Morgan fingerprint density at radius 1 is 1.33 bits per heavy atom. The second kappa shape index (κ2) is 10.9. The van der Waals surface area contributed by atoms with Gasteiger partial charge >= 0.3 is 0 Å². The lowest BCUT2D eigenvalue weighted by atomic mass is 9.99. The number of benzene rings is 1. The van der Waals surface area contributed by atoms with E-state index in [9.17, 15) is 0 Å². The number of aliphatic imine (C=N–C) groups is 1. The molecule has 1 aliphatic rings. The van der Waals surface area contributed by atoms with Crippen molar-refractivity contribution in [2.24, 2.45) is 4.99 Å². The molecule has 2 rings (SSSR count). The van der Waals surface area contributed by atoms with Crippen molar-refractivity contribution >= 4 is 29.9 Å². The fourth-order valence-electron chi connectivity index (χ4n) is 2.92. The van der Waals surface area contributed by atoms with Crippen molar-refractivity contribution in [2.75, 3.05) is 33.2 Å². The number of rotatable bonds is 8. The van der Waals surface area contributed by atoms with Gasteiger partial charge in [0.25, 0.3) is 0 Å². The lowest BCUT2D eigenvalue weighted by molar-refractivity contribution is 0.282. The van der Waals surface area contributed by atoms with Gasteiger partial charge in [-0.25, -0.2) is 0 Å². The normalized spacial score (nSPS) is 15.8. The van der Waals surface area contributed by atoms with Gasteiger partial charge in [0.15, 0.2) is 5.96 Å². The highest BCUT2D eigenvalue weighted by Crippen LogP contribution is 2.25. The molecule has 0 heterocycles. The van der Waals surface area contributed by atoms with Gasteiger partial charge in [0.1, 0.15) is 0 Å². The molecule has 1 atom stereocenters. The highest BCUT2D eigenvalue weighted by molar-refractivity contribution is 14.0. The number of hydrogen-bond acceptors (Lipinski definition) is 2. The van der Waals surface area contributed by atoms with E-state index in [1.54, 1.807) is 0 Å². The molecule has 24 heavy (non-hydrogen) atoms. The molecular weight excluding hydrogens is 411 g/mol. The minimum Gasteiger partial charge on any atom is -0.356 e. The molecule has 0 amide bonds. The first-order valence-electron chi connectivity index (χ1n) is 8.89. The zero-order valence-corrected chi connectivity index (χ0v) is 17.8. The molecule has 0 radical (unpaired) electrons. The molecule has 0 aliphatic heterocycles. The molecule has 1 fully saturated rings. The smallest absolute Gasteiger partial charge is 0.191 e. The number of nitrogens with one attached hydrogen (secondary N) is 2. The van der Waals surface area contributed by atoms with Crippen LogP contribution in [-0.2, 0) is 0 Å². The number of aryl methyl sites for hydroxylation is 1. The van der Waals surface area contributed by atoms with E-state index in [0.29, 0.717) is 5.92 Å². The van der Waals surface area contributed by atoms with Gasteiger partial charge in [-0.15, -0.1) is 24.0 Å². The maximum atomic E-state index is 4.33. The third-order valence-corrected chi connectivity index (χ3v) is 4.57. The summed E-state index contributed by atoms with van der Waals surface area (Å²) >= 11 is 0. The largest absolute Gasteiger partial charge is 0.356 e. The van der Waals surface area contributed by atoms with Crippen molar-refractivity contribution in [3.63, 3.8) is 0 Å². The number of guanidine groups is 1. The van der Waals surface area contributed by atoms with E-state index < -0.39 is 0 Å². The topological polar surface area (TPSA) is 39.7 Å². The van der Waals surface area contributed by atoms with Crippen LogP contribution in [0.3, 0.4) is 0 Å². The minimum absolute atomic E-state index is 0. The summed E-state index contributed by atoms with van der Waals surface area (Å²) in [5, 5.41) is 6.88. The zero-order valence-electron chi connectivity index (χ0n) is 15.5. The fourth-order valence-corrected chi connectivity index (χ4v) is 2.92. The summed E-state index contributed by atoms with van der Waals surface area (Å²) < 4.78 is 0. The standard InChI is InChI=1S/C19H32N4.HI/c1-5-23(18-9-10-18)12-11-21-19(20-4)22-14-16(3)17-8-6-7-15(2)13-17;/h6-8,13,16,18H,5,9-12,14H2,1-4H3,(H2,20,21,22);1H. The number of likely N-dealkylation sites (N-methyl/N-ethyl adjacent to an activating group) is 1. The average Bonchev–Trinajstić information content (AvgIpc) is 3.39. The molecule has 0 bridgehead atoms. The first-order valence-corrected chi connectivity index (χ1v) is 8.89. The maximum Gasteiger partial charge on any atom is 0.191 e. The van der Waals surface area contributed by atoms with E-state index in [2.05, 4.69) is 65.6 Å². The van der Waals surface area contributed by atoms with Crippen LogP contribution in [0.2, 0.25) is 0 Å². The molecule has 136 valence electrons. The summed E-state index contributed by atoms with van der Waals surface area (Å²) in [7, 11) is 1.84. The molecule has 1 saturated carbocycles. The van der Waals surface area contributed by atoms with Crippen molar-refractivity contribution in [1.29, 1.82) is 0 Å². The van der Waals surface area contributed by atoms with E-state index in [0.717, 1.165) is 38.2 Å². The highest BCUT2D eigenvalue weighted by Gasteiger charge is 2.27. The first kappa shape index (κ1) is 21.2. The number of halogens is 1. The van der Waals surface area contributed by atoms with Crippen LogP contribution in [-0.4, -0.2) is 50.1 Å². The molecule has 0 spiro atoms. The number of nitrogens with zero attached hydrogens (tertiary/aromatic N) is 2. The van der Waals surface area contributed by atoms with Crippen molar-refractivity contribution in [3.05, 3.63) is 35.4 Å². The van der Waals surface area contributed by atoms with E-state index >= 15 is 0 Å². The molecule has 1 aliphatic carbocycles. The summed E-state index contributed by atoms with van der Waals surface area (Å²) in [4.78, 5) is 6.88. The van der Waals surface area contributed by atoms with Crippen LogP contribution in [0.1, 0.15) is 43.7 Å². The van der Waals surface area contributed by atoms with Gasteiger partial charge in [0.05, 0.1) is 0 Å². The summed E-state index contributed by atoms with van der Waals surface area (Å²) in [6.45, 7) is 10.7. The van der Waals surface area contributed by atoms with Crippen molar-refractivity contribution in [2.45, 2.75) is 45.6 Å². The Morgan fingerprint density at radius 3 is 2.67 bits per heavy atom. The maximum absolute atomic E-state index is 4.33. The van der Waals surface area contributed by atoms with Gasteiger partial charge in [-0.3, -0.25) is 9.89 Å². The monoisotopic (exact) mass is 444 g/mol. The van der Waals surface area contributed by atoms with Gasteiger partial charge in [-0.2, -0.15) is 0 Å². The zero-order chi connectivity index (χ0) is 16.7. The molecule has 1 unspecified atom stereocenters. The van der Waals surface area contributed by atoms with Crippen LogP contribution in [0.25, 0.3) is 0 Å². The van der Waals surface area contributed by atoms with E-state index in [1.165, 1.54) is 24.0 Å². The van der Waals surface area contributed by atoms with Crippen LogP contribution in [0, 0.1) is 6.92 Å². The Morgan fingerprint density at radius 2 is 2.08 bits per heavy atom. The molecule has 1 aromatic rings. The summed E-state index contributed by atoms with van der Waals surface area (Å²) in [6.07, 6.45) is 2.74. The van der Waals surface area contributed by atoms with Crippen LogP contribution in [0.5, 0.6) is 0 Å². The van der Waals surface area contributed by atoms with Gasteiger partial charge in [-0.05, 0) is 37.8 Å². The molecule has 0 saturated heterocycles. The predicted molar refractivity (Wildman–Crippen MR) is 115 cm³/mol. The van der Waals surface area contributed by atoms with Crippen LogP contribution < -0.4 is 10.6 Å². The van der Waals surface area contributed by atoms with Crippen LogP contribution >= 0.6 is 24.0 Å². The second-order valence-electron chi connectivity index (χ2n) is 6.55. The molecule has 0 aromatic heterocycles. The Bertz CT molecular complexity index is 514. The van der Waals surface area contributed by atoms with Gasteiger partial charge in [0, 0.05) is 32.7 Å². The van der Waals surface area contributed by atoms with Crippen molar-refractivity contribution in [1.82, 2.24) is 15.5 Å². The van der Waals surface area contributed by atoms with Crippen molar-refractivity contribution in [3.8, 4) is 0 Å². The fraction of sp³-hybridized carbons (Fsp3) is 0.632. The molecule has 5 heteroatoms.